The number of carbonyl (C=O) groups is 1. The third-order valence-electron chi connectivity index (χ3n) is 4.10. The van der Waals surface area contributed by atoms with Gasteiger partial charge < -0.3 is 14.6 Å². The van der Waals surface area contributed by atoms with Crippen LogP contribution in [0.1, 0.15) is 16.9 Å². The lowest BCUT2D eigenvalue weighted by Gasteiger charge is -2.11. The van der Waals surface area contributed by atoms with Crippen LogP contribution in [0.15, 0.2) is 51.9 Å². The van der Waals surface area contributed by atoms with Gasteiger partial charge in [0.1, 0.15) is 11.5 Å². The molecule has 3 aromatic rings. The molecular weight excluding hydrogens is 430 g/mol. The normalized spacial score (nSPS) is 11.2. The van der Waals surface area contributed by atoms with Crippen molar-refractivity contribution in [3.05, 3.63) is 64.4 Å². The van der Waals surface area contributed by atoms with Crippen LogP contribution < -0.4 is 14.8 Å². The Balaban J connectivity index is 1.59. The van der Waals surface area contributed by atoms with Gasteiger partial charge in [-0.25, -0.2) is 8.42 Å². The molecule has 1 heterocycles. The summed E-state index contributed by atoms with van der Waals surface area (Å²) in [5.41, 5.74) is 2.15. The van der Waals surface area contributed by atoms with Gasteiger partial charge in [0.25, 0.3) is 15.9 Å². The van der Waals surface area contributed by atoms with Crippen LogP contribution in [-0.4, -0.2) is 26.1 Å². The predicted octanol–water partition coefficient (Wildman–Crippen LogP) is 4.07. The van der Waals surface area contributed by atoms with Crippen LogP contribution in [0, 0.1) is 20.8 Å². The van der Waals surface area contributed by atoms with Crippen LogP contribution in [0.25, 0.3) is 0 Å². The first-order valence-electron chi connectivity index (χ1n) is 8.89. The van der Waals surface area contributed by atoms with Crippen molar-refractivity contribution in [2.45, 2.75) is 25.7 Å². The Morgan fingerprint density at radius 2 is 1.73 bits per heavy atom. The Labute approximate surface area is 179 Å². The average Bonchev–Trinajstić information content (AvgIpc) is 3.08. The first-order chi connectivity index (χ1) is 14.1. The highest BCUT2D eigenvalue weighted by Crippen LogP contribution is 2.26. The van der Waals surface area contributed by atoms with Gasteiger partial charge in [-0.05, 0) is 68.3 Å². The quantitative estimate of drug-likeness (QED) is 0.562. The molecular formula is C20H20ClN3O5S. The summed E-state index contributed by atoms with van der Waals surface area (Å²) < 4.78 is 37.4. The van der Waals surface area contributed by atoms with E-state index in [0.717, 1.165) is 11.1 Å². The number of benzene rings is 2. The monoisotopic (exact) mass is 449 g/mol. The van der Waals surface area contributed by atoms with Gasteiger partial charge in [-0.15, -0.1) is 0 Å². The number of hydrogen-bond acceptors (Lipinski definition) is 6. The highest BCUT2D eigenvalue weighted by Gasteiger charge is 2.16. The van der Waals surface area contributed by atoms with E-state index in [9.17, 15) is 13.2 Å². The first kappa shape index (κ1) is 21.7. The van der Waals surface area contributed by atoms with Crippen molar-refractivity contribution < 1.29 is 22.5 Å². The van der Waals surface area contributed by atoms with Gasteiger partial charge in [0, 0.05) is 16.8 Å². The van der Waals surface area contributed by atoms with E-state index >= 15 is 0 Å². The molecule has 1 amide bonds. The number of rotatable bonds is 7. The van der Waals surface area contributed by atoms with Crippen molar-refractivity contribution in [2.75, 3.05) is 16.6 Å². The second-order valence-corrected chi connectivity index (χ2v) is 8.72. The van der Waals surface area contributed by atoms with Crippen LogP contribution in [0.2, 0.25) is 5.02 Å². The van der Waals surface area contributed by atoms with Gasteiger partial charge in [-0.2, -0.15) is 0 Å². The summed E-state index contributed by atoms with van der Waals surface area (Å²) in [5, 5.41) is 6.91. The Morgan fingerprint density at radius 1 is 1.10 bits per heavy atom. The molecule has 1 aromatic heterocycles. The maximum absolute atomic E-state index is 12.4. The van der Waals surface area contributed by atoms with E-state index in [1.54, 1.807) is 19.1 Å². The largest absolute Gasteiger partial charge is 0.484 e. The van der Waals surface area contributed by atoms with E-state index in [-0.39, 0.29) is 23.2 Å². The summed E-state index contributed by atoms with van der Waals surface area (Å²) in [5.74, 6) is 0.735. The molecule has 3 rings (SSSR count). The standard InChI is InChI=1S/C20H20ClN3O5S/c1-12-8-16(9-13(2)20(12)21)28-11-19(25)22-15-4-6-17(7-5-15)30(26,27)24-18-10-14(3)29-23-18/h4-10H,11H2,1-3H3,(H,22,25)(H,23,24). The van der Waals surface area contributed by atoms with Crippen LogP contribution in [-0.2, 0) is 14.8 Å². The minimum atomic E-state index is -3.82. The third-order valence-corrected chi connectivity index (χ3v) is 6.06. The Kier molecular flexibility index (Phi) is 6.33. The zero-order chi connectivity index (χ0) is 21.9. The van der Waals surface area contributed by atoms with Crippen molar-refractivity contribution in [3.8, 4) is 5.75 Å². The fourth-order valence-corrected chi connectivity index (χ4v) is 3.76. The summed E-state index contributed by atoms with van der Waals surface area (Å²) in [6.45, 7) is 5.17. The van der Waals surface area contributed by atoms with Crippen LogP contribution in [0.3, 0.4) is 0 Å². The minimum absolute atomic E-state index is 0.0181. The molecule has 0 unspecified atom stereocenters. The lowest BCUT2D eigenvalue weighted by molar-refractivity contribution is -0.118. The molecule has 10 heteroatoms. The van der Waals surface area contributed by atoms with E-state index < -0.39 is 10.0 Å². The maximum Gasteiger partial charge on any atom is 0.263 e. The number of aromatic nitrogens is 1. The summed E-state index contributed by atoms with van der Waals surface area (Å²) in [7, 11) is -3.82. The Bertz CT molecular complexity index is 1150. The number of halogens is 1. The van der Waals surface area contributed by atoms with Crippen molar-refractivity contribution >= 4 is 39.0 Å². The minimum Gasteiger partial charge on any atom is -0.484 e. The van der Waals surface area contributed by atoms with Gasteiger partial charge in [0.05, 0.1) is 4.90 Å². The van der Waals surface area contributed by atoms with Crippen LogP contribution >= 0.6 is 11.6 Å². The Hall–Kier alpha value is -3.04. The smallest absolute Gasteiger partial charge is 0.263 e. The number of carbonyl (C=O) groups excluding carboxylic acids is 1. The number of aryl methyl sites for hydroxylation is 3. The molecule has 2 aromatic carbocycles. The molecule has 0 atom stereocenters. The number of hydrogen-bond donors (Lipinski definition) is 2. The first-order valence-corrected chi connectivity index (χ1v) is 10.8. The molecule has 158 valence electrons. The number of sulfonamides is 1. The van der Waals surface area contributed by atoms with Gasteiger partial charge in [-0.3, -0.25) is 9.52 Å². The number of nitrogens with zero attached hydrogens (tertiary/aromatic N) is 1. The highest BCUT2D eigenvalue weighted by atomic mass is 35.5. The average molecular weight is 450 g/mol. The summed E-state index contributed by atoms with van der Waals surface area (Å²) in [6, 6.07) is 10.7. The summed E-state index contributed by atoms with van der Waals surface area (Å²) >= 11 is 6.12. The van der Waals surface area contributed by atoms with Gasteiger partial charge in [0.15, 0.2) is 12.4 Å². The SMILES string of the molecule is Cc1cc(NS(=O)(=O)c2ccc(NC(=O)COc3cc(C)c(Cl)c(C)c3)cc2)no1. The maximum atomic E-state index is 12.4. The van der Waals surface area contributed by atoms with Gasteiger partial charge in [0.2, 0.25) is 0 Å². The topological polar surface area (TPSA) is 111 Å². The van der Waals surface area contributed by atoms with E-state index in [1.807, 2.05) is 13.8 Å². The third kappa shape index (κ3) is 5.31. The summed E-state index contributed by atoms with van der Waals surface area (Å²) in [4.78, 5) is 12.2. The fraction of sp³-hybridized carbons (Fsp3) is 0.200. The van der Waals surface area contributed by atoms with Crippen molar-refractivity contribution in [1.29, 1.82) is 0 Å². The van der Waals surface area contributed by atoms with Crippen molar-refractivity contribution in [1.82, 2.24) is 5.16 Å². The lowest BCUT2D eigenvalue weighted by atomic mass is 10.1. The molecule has 2 N–H and O–H groups in total. The van der Waals surface area contributed by atoms with Crippen LogP contribution in [0.4, 0.5) is 11.5 Å². The lowest BCUT2D eigenvalue weighted by Crippen LogP contribution is -2.20. The molecule has 0 saturated carbocycles. The zero-order valence-electron chi connectivity index (χ0n) is 16.5. The molecule has 0 aliphatic carbocycles. The molecule has 0 radical (unpaired) electrons. The zero-order valence-corrected chi connectivity index (χ0v) is 18.1. The van der Waals surface area contributed by atoms with E-state index in [2.05, 4.69) is 15.2 Å². The number of amides is 1. The molecule has 0 aliphatic rings. The van der Waals surface area contributed by atoms with Crippen molar-refractivity contribution in [3.63, 3.8) is 0 Å². The molecule has 0 bridgehead atoms. The number of nitrogens with one attached hydrogen (secondary N) is 2. The van der Waals surface area contributed by atoms with E-state index in [4.69, 9.17) is 20.9 Å². The predicted molar refractivity (Wildman–Crippen MR) is 114 cm³/mol. The second-order valence-electron chi connectivity index (χ2n) is 6.66. The highest BCUT2D eigenvalue weighted by molar-refractivity contribution is 7.92. The van der Waals surface area contributed by atoms with Crippen molar-refractivity contribution in [2.24, 2.45) is 0 Å². The van der Waals surface area contributed by atoms with E-state index in [1.165, 1.54) is 30.3 Å². The molecule has 8 nitrogen and oxygen atoms in total. The van der Waals surface area contributed by atoms with Gasteiger partial charge in [-0.1, -0.05) is 16.8 Å². The number of ether oxygens (including phenoxy) is 1. The second kappa shape index (κ2) is 8.76. The molecule has 0 aliphatic heterocycles. The number of anilines is 2. The van der Waals surface area contributed by atoms with Gasteiger partial charge >= 0.3 is 0 Å². The van der Waals surface area contributed by atoms with Crippen LogP contribution in [0.5, 0.6) is 5.75 Å². The Morgan fingerprint density at radius 3 is 2.30 bits per heavy atom. The fourth-order valence-electron chi connectivity index (χ4n) is 2.66. The van der Waals surface area contributed by atoms with E-state index in [0.29, 0.717) is 22.2 Å². The summed E-state index contributed by atoms with van der Waals surface area (Å²) in [6.07, 6.45) is 0. The molecule has 0 spiro atoms. The molecule has 30 heavy (non-hydrogen) atoms. The molecule has 0 saturated heterocycles. The molecule has 0 fully saturated rings.